The lowest BCUT2D eigenvalue weighted by atomic mass is 10.0. The molecular weight excluding hydrogens is 318 g/mol. The van der Waals surface area contributed by atoms with Crippen LogP contribution in [0.25, 0.3) is 5.69 Å². The molecule has 0 bridgehead atoms. The number of rotatable bonds is 5. The van der Waals surface area contributed by atoms with Gasteiger partial charge in [0, 0.05) is 6.07 Å². The van der Waals surface area contributed by atoms with Gasteiger partial charge in [0.05, 0.1) is 12.3 Å². The molecular formula is C15H19N3O4S. The van der Waals surface area contributed by atoms with E-state index in [1.54, 1.807) is 19.1 Å². The van der Waals surface area contributed by atoms with Gasteiger partial charge in [-0.15, -0.1) is 0 Å². The largest absolute Gasteiger partial charge is 0.461 e. The van der Waals surface area contributed by atoms with E-state index in [9.17, 15) is 13.2 Å². The average molecular weight is 337 g/mol. The van der Waals surface area contributed by atoms with Crippen molar-refractivity contribution in [2.24, 2.45) is 5.14 Å². The smallest absolute Gasteiger partial charge is 0.357 e. The molecule has 1 heterocycles. The van der Waals surface area contributed by atoms with Crippen LogP contribution in [-0.4, -0.2) is 30.8 Å². The fourth-order valence-electron chi connectivity index (χ4n) is 2.05. The number of hydrogen-bond acceptors (Lipinski definition) is 5. The first-order valence-corrected chi connectivity index (χ1v) is 8.69. The summed E-state index contributed by atoms with van der Waals surface area (Å²) in [7, 11) is -4.02. The zero-order valence-corrected chi connectivity index (χ0v) is 14.0. The zero-order valence-electron chi connectivity index (χ0n) is 13.2. The lowest BCUT2D eigenvalue weighted by Crippen LogP contribution is -2.13. The molecule has 0 fully saturated rings. The minimum absolute atomic E-state index is 0.00757. The second kappa shape index (κ2) is 6.51. The summed E-state index contributed by atoms with van der Waals surface area (Å²) in [6.45, 7) is 5.95. The number of esters is 1. The summed E-state index contributed by atoms with van der Waals surface area (Å²) in [5, 5.41) is 8.65. The SMILES string of the molecule is CCOC(=O)c1cc(S(N)(=O)=O)nn1-c1ccc(C(C)C)cc1. The van der Waals surface area contributed by atoms with Gasteiger partial charge in [-0.05, 0) is 30.5 Å². The number of primary sulfonamides is 1. The summed E-state index contributed by atoms with van der Waals surface area (Å²) >= 11 is 0. The van der Waals surface area contributed by atoms with Crippen molar-refractivity contribution in [1.29, 1.82) is 0 Å². The van der Waals surface area contributed by atoms with Crippen LogP contribution in [0.1, 0.15) is 42.7 Å². The minimum atomic E-state index is -4.02. The van der Waals surface area contributed by atoms with Gasteiger partial charge in [0.25, 0.3) is 10.0 Å². The topological polar surface area (TPSA) is 104 Å². The third kappa shape index (κ3) is 3.77. The Morgan fingerprint density at radius 1 is 1.30 bits per heavy atom. The summed E-state index contributed by atoms with van der Waals surface area (Å²) in [6, 6.07) is 8.43. The Balaban J connectivity index is 2.55. The minimum Gasteiger partial charge on any atom is -0.461 e. The molecule has 0 saturated carbocycles. The van der Waals surface area contributed by atoms with Gasteiger partial charge in [-0.3, -0.25) is 0 Å². The molecule has 0 radical (unpaired) electrons. The quantitative estimate of drug-likeness (QED) is 0.838. The van der Waals surface area contributed by atoms with Crippen LogP contribution >= 0.6 is 0 Å². The van der Waals surface area contributed by atoms with Gasteiger partial charge < -0.3 is 4.74 Å². The van der Waals surface area contributed by atoms with Crippen LogP contribution in [0.3, 0.4) is 0 Å². The molecule has 0 unspecified atom stereocenters. The number of ether oxygens (including phenoxy) is 1. The van der Waals surface area contributed by atoms with Crippen molar-refractivity contribution in [2.45, 2.75) is 31.7 Å². The maximum atomic E-state index is 12.0. The number of sulfonamides is 1. The van der Waals surface area contributed by atoms with E-state index in [4.69, 9.17) is 9.88 Å². The Hall–Kier alpha value is -2.19. The van der Waals surface area contributed by atoms with Gasteiger partial charge in [0.15, 0.2) is 10.7 Å². The van der Waals surface area contributed by atoms with Gasteiger partial charge >= 0.3 is 5.97 Å². The van der Waals surface area contributed by atoms with E-state index >= 15 is 0 Å². The Bertz CT molecular complexity index is 808. The second-order valence-corrected chi connectivity index (χ2v) is 6.80. The molecule has 0 atom stereocenters. The number of aromatic nitrogens is 2. The van der Waals surface area contributed by atoms with Gasteiger partial charge in [0.1, 0.15) is 0 Å². The summed E-state index contributed by atoms with van der Waals surface area (Å²) < 4.78 is 29.2. The first-order valence-electron chi connectivity index (χ1n) is 7.14. The third-order valence-corrected chi connectivity index (χ3v) is 4.05. The maximum absolute atomic E-state index is 12.0. The summed E-state index contributed by atoms with van der Waals surface area (Å²) in [5.41, 5.74) is 1.67. The van der Waals surface area contributed by atoms with Crippen molar-refractivity contribution < 1.29 is 17.9 Å². The Morgan fingerprint density at radius 2 is 1.91 bits per heavy atom. The number of nitrogens with zero attached hydrogens (tertiary/aromatic N) is 2. The highest BCUT2D eigenvalue weighted by Crippen LogP contribution is 2.20. The lowest BCUT2D eigenvalue weighted by molar-refractivity contribution is 0.0515. The molecule has 0 spiro atoms. The molecule has 2 rings (SSSR count). The molecule has 7 nitrogen and oxygen atoms in total. The molecule has 2 N–H and O–H groups in total. The predicted octanol–water partition coefficient (Wildman–Crippen LogP) is 1.82. The van der Waals surface area contributed by atoms with Gasteiger partial charge in [-0.25, -0.2) is 23.0 Å². The van der Waals surface area contributed by atoms with Crippen LogP contribution in [0.5, 0.6) is 0 Å². The first-order chi connectivity index (χ1) is 10.7. The lowest BCUT2D eigenvalue weighted by Gasteiger charge is -2.09. The van der Waals surface area contributed by atoms with Gasteiger partial charge in [-0.2, -0.15) is 5.10 Å². The first kappa shape index (κ1) is 17.2. The highest BCUT2D eigenvalue weighted by molar-refractivity contribution is 7.89. The monoisotopic (exact) mass is 337 g/mol. The molecule has 1 aromatic carbocycles. The number of carbonyl (C=O) groups is 1. The van der Waals surface area contributed by atoms with Crippen molar-refractivity contribution in [3.8, 4) is 5.69 Å². The van der Waals surface area contributed by atoms with Crippen LogP contribution in [-0.2, 0) is 14.8 Å². The highest BCUT2D eigenvalue weighted by atomic mass is 32.2. The molecule has 1 aromatic heterocycles. The zero-order chi connectivity index (χ0) is 17.2. The fourth-order valence-corrected chi connectivity index (χ4v) is 2.52. The van der Waals surface area contributed by atoms with Crippen LogP contribution < -0.4 is 5.14 Å². The summed E-state index contributed by atoms with van der Waals surface area (Å²) in [6.07, 6.45) is 0. The van der Waals surface area contributed by atoms with Crippen molar-refractivity contribution in [1.82, 2.24) is 9.78 Å². The molecule has 0 aliphatic carbocycles. The van der Waals surface area contributed by atoms with Crippen LogP contribution in [0.15, 0.2) is 35.4 Å². The van der Waals surface area contributed by atoms with Crippen LogP contribution in [0.4, 0.5) is 0 Å². The van der Waals surface area contributed by atoms with E-state index in [-0.39, 0.29) is 17.3 Å². The third-order valence-electron chi connectivity index (χ3n) is 3.27. The molecule has 0 aliphatic heterocycles. The molecule has 8 heteroatoms. The highest BCUT2D eigenvalue weighted by Gasteiger charge is 2.22. The van der Waals surface area contributed by atoms with Crippen molar-refractivity contribution in [3.05, 3.63) is 41.6 Å². The number of nitrogens with two attached hydrogens (primary N) is 1. The fraction of sp³-hybridized carbons (Fsp3) is 0.333. The molecule has 0 aliphatic rings. The van der Waals surface area contributed by atoms with Crippen LogP contribution in [0.2, 0.25) is 0 Å². The Morgan fingerprint density at radius 3 is 2.39 bits per heavy atom. The maximum Gasteiger partial charge on any atom is 0.357 e. The normalized spacial score (nSPS) is 11.7. The van der Waals surface area contributed by atoms with E-state index < -0.39 is 16.0 Å². The number of carbonyl (C=O) groups excluding carboxylic acids is 1. The molecule has 23 heavy (non-hydrogen) atoms. The number of benzene rings is 1. The van der Waals surface area contributed by atoms with E-state index in [1.807, 2.05) is 12.1 Å². The average Bonchev–Trinajstić information content (AvgIpc) is 2.93. The van der Waals surface area contributed by atoms with Gasteiger partial charge in [-0.1, -0.05) is 26.0 Å². The van der Waals surface area contributed by atoms with E-state index in [0.717, 1.165) is 11.6 Å². The van der Waals surface area contributed by atoms with Crippen LogP contribution in [0, 0.1) is 0 Å². The molecule has 0 saturated heterocycles. The van der Waals surface area contributed by atoms with Crippen molar-refractivity contribution in [2.75, 3.05) is 6.61 Å². The molecule has 2 aromatic rings. The Labute approximate surface area is 135 Å². The predicted molar refractivity (Wildman–Crippen MR) is 85.0 cm³/mol. The molecule has 0 amide bonds. The standard InChI is InChI=1S/C15H19N3O4S/c1-4-22-15(19)13-9-14(23(16,20)21)17-18(13)12-7-5-11(6-8-12)10(2)3/h5-10H,4H2,1-3H3,(H2,16,20,21). The van der Waals surface area contributed by atoms with Gasteiger partial charge in [0.2, 0.25) is 0 Å². The van der Waals surface area contributed by atoms with Crippen molar-refractivity contribution >= 4 is 16.0 Å². The van der Waals surface area contributed by atoms with E-state index in [2.05, 4.69) is 18.9 Å². The van der Waals surface area contributed by atoms with Crippen molar-refractivity contribution in [3.63, 3.8) is 0 Å². The summed E-state index contributed by atoms with van der Waals surface area (Å²) in [5.74, 6) is -0.311. The Kier molecular flexibility index (Phi) is 4.86. The van der Waals surface area contributed by atoms with E-state index in [1.165, 1.54) is 4.68 Å². The van der Waals surface area contributed by atoms with E-state index in [0.29, 0.717) is 11.6 Å². The second-order valence-electron chi connectivity index (χ2n) is 5.29. The number of hydrogen-bond donors (Lipinski definition) is 1. The summed E-state index contributed by atoms with van der Waals surface area (Å²) in [4.78, 5) is 12.0. The molecule has 124 valence electrons.